The van der Waals surface area contributed by atoms with E-state index in [0.717, 1.165) is 25.0 Å². The van der Waals surface area contributed by atoms with E-state index >= 15 is 0 Å². The van der Waals surface area contributed by atoms with E-state index in [-0.39, 0.29) is 11.2 Å². The minimum absolute atomic E-state index is 0.0138. The van der Waals surface area contributed by atoms with Gasteiger partial charge in [0.25, 0.3) is 0 Å². The van der Waals surface area contributed by atoms with Gasteiger partial charge in [-0.15, -0.1) is 0 Å². The van der Waals surface area contributed by atoms with Crippen molar-refractivity contribution in [2.75, 3.05) is 13.2 Å². The van der Waals surface area contributed by atoms with Crippen LogP contribution in [0.1, 0.15) is 153 Å². The summed E-state index contributed by atoms with van der Waals surface area (Å²) >= 11 is 0. The molecular weight excluding hydrogens is 536 g/mol. The van der Waals surface area contributed by atoms with Crippen molar-refractivity contribution in [3.8, 4) is 17.2 Å². The highest BCUT2D eigenvalue weighted by molar-refractivity contribution is 5.91. The number of ether oxygens (including phenoxy) is 3. The van der Waals surface area contributed by atoms with Gasteiger partial charge in [-0.2, -0.15) is 0 Å². The summed E-state index contributed by atoms with van der Waals surface area (Å²) in [5.41, 5.74) is 0.00760. The first-order chi connectivity index (χ1) is 21.1. The lowest BCUT2D eigenvalue weighted by atomic mass is 10.1. The molecule has 2 aromatic rings. The van der Waals surface area contributed by atoms with Crippen LogP contribution in [0.4, 0.5) is 0 Å². The van der Waals surface area contributed by atoms with Gasteiger partial charge in [-0.3, -0.25) is 4.79 Å². The predicted molar refractivity (Wildman–Crippen MR) is 179 cm³/mol. The molecule has 0 unspecified atom stereocenters. The molecule has 0 aliphatic heterocycles. The van der Waals surface area contributed by atoms with Gasteiger partial charge in [0.15, 0.2) is 5.75 Å². The molecule has 0 aliphatic carbocycles. The molecule has 0 atom stereocenters. The Balaban J connectivity index is 1.62. The van der Waals surface area contributed by atoms with E-state index < -0.39 is 5.97 Å². The highest BCUT2D eigenvalue weighted by Crippen LogP contribution is 2.17. The van der Waals surface area contributed by atoms with Crippen LogP contribution in [0.25, 0.3) is 0 Å². The summed E-state index contributed by atoms with van der Waals surface area (Å²) < 4.78 is 17.1. The van der Waals surface area contributed by atoms with E-state index in [1.807, 2.05) is 0 Å². The Morgan fingerprint density at radius 3 is 1.30 bits per heavy atom. The van der Waals surface area contributed by atoms with Gasteiger partial charge in [0.05, 0.1) is 18.8 Å². The van der Waals surface area contributed by atoms with Gasteiger partial charge in [-0.1, -0.05) is 129 Å². The van der Waals surface area contributed by atoms with Crippen molar-refractivity contribution >= 4 is 5.97 Å². The van der Waals surface area contributed by atoms with Crippen molar-refractivity contribution in [3.05, 3.63) is 64.3 Å². The van der Waals surface area contributed by atoms with Gasteiger partial charge < -0.3 is 14.2 Å². The highest BCUT2D eigenvalue weighted by Gasteiger charge is 2.11. The van der Waals surface area contributed by atoms with Gasteiger partial charge in [-0.05, 0) is 61.4 Å². The predicted octanol–water partition coefficient (Wildman–Crippen LogP) is 10.9. The van der Waals surface area contributed by atoms with Crippen molar-refractivity contribution in [3.63, 3.8) is 0 Å². The first kappa shape index (κ1) is 36.4. The second-order valence-electron chi connectivity index (χ2n) is 11.8. The second kappa shape index (κ2) is 24.6. The van der Waals surface area contributed by atoms with Crippen LogP contribution < -0.4 is 19.6 Å². The molecule has 2 rings (SSSR count). The molecule has 2 aromatic carbocycles. The molecule has 0 amide bonds. The quantitative estimate of drug-likeness (QED) is 0.0801. The average Bonchev–Trinajstić information content (AvgIpc) is 3.19. The van der Waals surface area contributed by atoms with E-state index in [1.54, 1.807) is 36.4 Å². The summed E-state index contributed by atoms with van der Waals surface area (Å²) in [6.07, 6.45) is 25.6. The zero-order valence-electron chi connectivity index (χ0n) is 27.2. The summed E-state index contributed by atoms with van der Waals surface area (Å²) in [6, 6.07) is 13.1. The number of benzene rings is 1. The number of unbranched alkanes of at least 4 members (excludes halogenated alkanes) is 18. The van der Waals surface area contributed by atoms with Crippen molar-refractivity contribution < 1.29 is 19.0 Å². The molecule has 0 spiro atoms. The minimum Gasteiger partial charge on any atom is -0.494 e. The first-order valence-electron chi connectivity index (χ1n) is 17.4. The van der Waals surface area contributed by atoms with Crippen molar-refractivity contribution in [1.82, 2.24) is 0 Å². The Bertz CT molecular complexity index is 1030. The van der Waals surface area contributed by atoms with E-state index in [4.69, 9.17) is 14.2 Å². The lowest BCUT2D eigenvalue weighted by Crippen LogP contribution is -2.13. The van der Waals surface area contributed by atoms with E-state index in [9.17, 15) is 9.59 Å². The molecule has 0 aliphatic rings. The molecule has 0 N–H and O–H groups in total. The van der Waals surface area contributed by atoms with Crippen LogP contribution in [0, 0.1) is 0 Å². The fourth-order valence-electron chi connectivity index (χ4n) is 5.12. The van der Waals surface area contributed by atoms with E-state index in [1.165, 1.54) is 121 Å². The number of hydrogen-bond acceptors (Lipinski definition) is 5. The van der Waals surface area contributed by atoms with Gasteiger partial charge >= 0.3 is 5.97 Å². The lowest BCUT2D eigenvalue weighted by Gasteiger charge is -2.07. The standard InChI is InChI=1S/C38H58O5/c1-3-5-7-9-11-13-15-17-19-21-31-41-34-25-23-33(24-26-34)38(40)43-37-30-28-35(27-29-36(37)39)42-32-22-20-18-16-14-12-10-8-6-4-2/h23-30H,3-22,31-32H2,1-2H3. The maximum atomic E-state index is 12.7. The Hall–Kier alpha value is -2.82. The largest absolute Gasteiger partial charge is 0.494 e. The molecule has 0 saturated heterocycles. The van der Waals surface area contributed by atoms with Crippen molar-refractivity contribution in [2.45, 2.75) is 142 Å². The van der Waals surface area contributed by atoms with Crippen LogP contribution in [-0.2, 0) is 0 Å². The molecule has 0 heterocycles. The summed E-state index contributed by atoms with van der Waals surface area (Å²) in [7, 11) is 0. The monoisotopic (exact) mass is 594 g/mol. The Labute approximate surface area is 261 Å². The zero-order chi connectivity index (χ0) is 30.8. The molecule has 5 nitrogen and oxygen atoms in total. The maximum absolute atomic E-state index is 12.7. The average molecular weight is 595 g/mol. The Kier molecular flexibility index (Phi) is 20.8. The smallest absolute Gasteiger partial charge is 0.343 e. The lowest BCUT2D eigenvalue weighted by molar-refractivity contribution is 0.0733. The molecule has 5 heteroatoms. The summed E-state index contributed by atoms with van der Waals surface area (Å²) in [5, 5.41) is 0. The van der Waals surface area contributed by atoms with Crippen LogP contribution in [0.2, 0.25) is 0 Å². The van der Waals surface area contributed by atoms with Gasteiger partial charge in [0, 0.05) is 0 Å². The van der Waals surface area contributed by atoms with Crippen LogP contribution in [0.3, 0.4) is 0 Å². The number of hydrogen-bond donors (Lipinski definition) is 0. The number of carbonyl (C=O) groups is 1. The molecule has 240 valence electrons. The third-order valence-corrected chi connectivity index (χ3v) is 7.87. The SMILES string of the molecule is CCCCCCCCCCCCOc1ccc(C(=O)Oc2ccc(OCCCCCCCCCCCC)ccc2=O)cc1. The van der Waals surface area contributed by atoms with Crippen LogP contribution >= 0.6 is 0 Å². The Morgan fingerprint density at radius 1 is 0.488 bits per heavy atom. The zero-order valence-corrected chi connectivity index (χ0v) is 27.2. The van der Waals surface area contributed by atoms with E-state index in [0.29, 0.717) is 24.5 Å². The topological polar surface area (TPSA) is 61.8 Å². The number of esters is 1. The first-order valence-corrected chi connectivity index (χ1v) is 17.4. The third-order valence-electron chi connectivity index (χ3n) is 7.87. The van der Waals surface area contributed by atoms with Crippen LogP contribution in [0.5, 0.6) is 17.2 Å². The summed E-state index contributed by atoms with van der Waals surface area (Å²) in [4.78, 5) is 25.2. The normalized spacial score (nSPS) is 10.9. The minimum atomic E-state index is -0.572. The van der Waals surface area contributed by atoms with Crippen LogP contribution in [-0.4, -0.2) is 19.2 Å². The number of carbonyl (C=O) groups excluding carboxylic acids is 1. The van der Waals surface area contributed by atoms with Crippen molar-refractivity contribution in [2.24, 2.45) is 0 Å². The summed E-state index contributed by atoms with van der Waals surface area (Å²) in [5.74, 6) is 0.740. The van der Waals surface area contributed by atoms with E-state index in [2.05, 4.69) is 13.8 Å². The van der Waals surface area contributed by atoms with Gasteiger partial charge in [-0.25, -0.2) is 4.79 Å². The number of rotatable bonds is 26. The molecule has 0 aromatic heterocycles. The summed E-state index contributed by atoms with van der Waals surface area (Å²) in [6.45, 7) is 5.79. The fourth-order valence-corrected chi connectivity index (χ4v) is 5.12. The van der Waals surface area contributed by atoms with Gasteiger partial charge in [0.2, 0.25) is 5.43 Å². The molecule has 0 bridgehead atoms. The molecular formula is C38H58O5. The maximum Gasteiger partial charge on any atom is 0.343 e. The fraction of sp³-hybridized carbons (Fsp3) is 0.632. The Morgan fingerprint density at radius 2 is 0.860 bits per heavy atom. The van der Waals surface area contributed by atoms with Crippen LogP contribution in [0.15, 0.2) is 53.3 Å². The highest BCUT2D eigenvalue weighted by atomic mass is 16.5. The molecule has 0 saturated carbocycles. The second-order valence-corrected chi connectivity index (χ2v) is 11.8. The molecule has 43 heavy (non-hydrogen) atoms. The molecule has 0 fully saturated rings. The third kappa shape index (κ3) is 17.8. The van der Waals surface area contributed by atoms with Gasteiger partial charge in [0.1, 0.15) is 11.5 Å². The molecule has 0 radical (unpaired) electrons. The van der Waals surface area contributed by atoms with Crippen molar-refractivity contribution in [1.29, 1.82) is 0 Å².